The Kier molecular flexibility index (Phi) is 4.68. The summed E-state index contributed by atoms with van der Waals surface area (Å²) in [5.41, 5.74) is 0. The van der Waals surface area contributed by atoms with E-state index in [1.165, 1.54) is 6.33 Å². The average Bonchev–Trinajstić information content (AvgIpc) is 2.28. The predicted molar refractivity (Wildman–Crippen MR) is 63.1 cm³/mol. The Labute approximate surface area is 100 Å². The van der Waals surface area contributed by atoms with Crippen LogP contribution < -0.4 is 10.1 Å². The summed E-state index contributed by atoms with van der Waals surface area (Å²) in [6, 6.07) is 1.42. The molecular weight excluding hydrogens is 222 g/mol. The number of carboxylic acid groups (broad SMARTS) is 1. The zero-order valence-electron chi connectivity index (χ0n) is 10.2. The lowest BCUT2D eigenvalue weighted by atomic mass is 10.0. The number of aromatic nitrogens is 2. The van der Waals surface area contributed by atoms with Crippen LogP contribution in [0.5, 0.6) is 5.88 Å². The van der Waals surface area contributed by atoms with E-state index in [1.807, 2.05) is 6.92 Å². The van der Waals surface area contributed by atoms with Gasteiger partial charge < -0.3 is 15.2 Å². The number of anilines is 1. The first-order chi connectivity index (χ1) is 8.04. The van der Waals surface area contributed by atoms with Crippen LogP contribution in [0.25, 0.3) is 0 Å². The zero-order chi connectivity index (χ0) is 12.8. The van der Waals surface area contributed by atoms with E-state index in [1.54, 1.807) is 19.9 Å². The number of aliphatic carboxylic acids is 1. The molecule has 2 unspecified atom stereocenters. The summed E-state index contributed by atoms with van der Waals surface area (Å²) >= 11 is 0. The lowest BCUT2D eigenvalue weighted by Gasteiger charge is -2.18. The fourth-order valence-electron chi connectivity index (χ4n) is 1.22. The number of hydrogen-bond acceptors (Lipinski definition) is 5. The average molecular weight is 239 g/mol. The summed E-state index contributed by atoms with van der Waals surface area (Å²) in [4.78, 5) is 18.7. The molecular formula is C11H17N3O3. The highest BCUT2D eigenvalue weighted by Gasteiger charge is 2.19. The minimum absolute atomic E-state index is 0.225. The van der Waals surface area contributed by atoms with Crippen LogP contribution >= 0.6 is 0 Å². The van der Waals surface area contributed by atoms with Gasteiger partial charge in [-0.2, -0.15) is 0 Å². The second-order valence-electron chi connectivity index (χ2n) is 3.73. The van der Waals surface area contributed by atoms with E-state index in [0.29, 0.717) is 18.3 Å². The minimum Gasteiger partial charge on any atom is -0.481 e. The van der Waals surface area contributed by atoms with Crippen LogP contribution in [0.2, 0.25) is 0 Å². The molecule has 2 N–H and O–H groups in total. The van der Waals surface area contributed by atoms with Crippen molar-refractivity contribution in [1.29, 1.82) is 0 Å². The van der Waals surface area contributed by atoms with E-state index in [0.717, 1.165) is 0 Å². The molecule has 0 aliphatic rings. The minimum atomic E-state index is -0.843. The highest BCUT2D eigenvalue weighted by Crippen LogP contribution is 2.14. The lowest BCUT2D eigenvalue weighted by molar-refractivity contribution is -0.141. The van der Waals surface area contributed by atoms with Crippen LogP contribution in [0.3, 0.4) is 0 Å². The first-order valence-electron chi connectivity index (χ1n) is 5.48. The monoisotopic (exact) mass is 239 g/mol. The maximum absolute atomic E-state index is 10.8. The van der Waals surface area contributed by atoms with Gasteiger partial charge in [0, 0.05) is 12.1 Å². The molecule has 0 radical (unpaired) electrons. The van der Waals surface area contributed by atoms with Gasteiger partial charge in [-0.3, -0.25) is 4.79 Å². The van der Waals surface area contributed by atoms with Crippen molar-refractivity contribution in [2.24, 2.45) is 5.92 Å². The fraction of sp³-hybridized carbons (Fsp3) is 0.545. The lowest BCUT2D eigenvalue weighted by Crippen LogP contribution is -2.30. The number of hydrogen-bond donors (Lipinski definition) is 2. The fourth-order valence-corrected chi connectivity index (χ4v) is 1.22. The molecule has 6 nitrogen and oxygen atoms in total. The van der Waals surface area contributed by atoms with Gasteiger partial charge in [-0.1, -0.05) is 0 Å². The molecule has 0 aromatic carbocycles. The third kappa shape index (κ3) is 3.90. The molecule has 1 rings (SSSR count). The molecule has 0 aliphatic heterocycles. The van der Waals surface area contributed by atoms with E-state index >= 15 is 0 Å². The second kappa shape index (κ2) is 6.03. The van der Waals surface area contributed by atoms with Crippen LogP contribution in [-0.2, 0) is 4.79 Å². The van der Waals surface area contributed by atoms with Crippen molar-refractivity contribution >= 4 is 11.8 Å². The van der Waals surface area contributed by atoms with Gasteiger partial charge in [-0.15, -0.1) is 0 Å². The first kappa shape index (κ1) is 13.2. The summed E-state index contributed by atoms with van der Waals surface area (Å²) in [6.45, 7) is 5.83. The van der Waals surface area contributed by atoms with Crippen LogP contribution in [0.4, 0.5) is 5.82 Å². The topological polar surface area (TPSA) is 84.3 Å². The maximum Gasteiger partial charge on any atom is 0.308 e. The number of rotatable bonds is 6. The quantitative estimate of drug-likeness (QED) is 0.780. The molecule has 2 atom stereocenters. The summed E-state index contributed by atoms with van der Waals surface area (Å²) in [7, 11) is 0. The van der Waals surface area contributed by atoms with Gasteiger partial charge in [-0.05, 0) is 20.8 Å². The third-order valence-electron chi connectivity index (χ3n) is 2.45. The van der Waals surface area contributed by atoms with Gasteiger partial charge in [0.25, 0.3) is 0 Å². The van der Waals surface area contributed by atoms with Gasteiger partial charge >= 0.3 is 5.97 Å². The molecule has 0 saturated heterocycles. The smallest absolute Gasteiger partial charge is 0.308 e. The Balaban J connectivity index is 2.67. The Morgan fingerprint density at radius 2 is 2.24 bits per heavy atom. The van der Waals surface area contributed by atoms with E-state index in [-0.39, 0.29) is 6.04 Å². The van der Waals surface area contributed by atoms with E-state index < -0.39 is 11.9 Å². The van der Waals surface area contributed by atoms with Crippen molar-refractivity contribution in [2.45, 2.75) is 26.8 Å². The molecule has 1 heterocycles. The Hall–Kier alpha value is -1.85. The molecule has 1 aromatic heterocycles. The van der Waals surface area contributed by atoms with Crippen LogP contribution in [0, 0.1) is 5.92 Å². The van der Waals surface area contributed by atoms with Crippen LogP contribution in [0.1, 0.15) is 20.8 Å². The standard InChI is InChI=1S/C11H17N3O3/c1-4-17-10-5-9(12-6-13-10)14-8(3)7(2)11(15)16/h5-8H,4H2,1-3H3,(H,15,16)(H,12,13,14). The Bertz CT molecular complexity index is 384. The maximum atomic E-state index is 10.8. The number of nitrogens with one attached hydrogen (secondary N) is 1. The van der Waals surface area contributed by atoms with E-state index in [9.17, 15) is 4.79 Å². The first-order valence-corrected chi connectivity index (χ1v) is 5.48. The summed E-state index contributed by atoms with van der Waals surface area (Å²) in [5.74, 6) is -0.311. The van der Waals surface area contributed by atoms with Crippen molar-refractivity contribution in [3.8, 4) is 5.88 Å². The second-order valence-corrected chi connectivity index (χ2v) is 3.73. The van der Waals surface area contributed by atoms with E-state index in [2.05, 4.69) is 15.3 Å². The van der Waals surface area contributed by atoms with Crippen molar-refractivity contribution in [1.82, 2.24) is 9.97 Å². The number of ether oxygens (including phenoxy) is 1. The van der Waals surface area contributed by atoms with Crippen LogP contribution in [0.15, 0.2) is 12.4 Å². The van der Waals surface area contributed by atoms with Crippen LogP contribution in [-0.4, -0.2) is 33.7 Å². The summed E-state index contributed by atoms with van der Waals surface area (Å²) in [6.07, 6.45) is 1.38. The van der Waals surface area contributed by atoms with Gasteiger partial charge in [0.15, 0.2) is 0 Å². The third-order valence-corrected chi connectivity index (χ3v) is 2.45. The Morgan fingerprint density at radius 1 is 1.53 bits per heavy atom. The molecule has 0 bridgehead atoms. The van der Waals surface area contributed by atoms with Gasteiger partial charge in [0.05, 0.1) is 12.5 Å². The molecule has 6 heteroatoms. The van der Waals surface area contributed by atoms with E-state index in [4.69, 9.17) is 9.84 Å². The SMILES string of the molecule is CCOc1cc(NC(C)C(C)C(=O)O)ncn1. The van der Waals surface area contributed by atoms with Gasteiger partial charge in [0.2, 0.25) is 5.88 Å². The largest absolute Gasteiger partial charge is 0.481 e. The summed E-state index contributed by atoms with van der Waals surface area (Å²) < 4.78 is 5.23. The van der Waals surface area contributed by atoms with Gasteiger partial charge in [-0.25, -0.2) is 9.97 Å². The molecule has 0 aliphatic carbocycles. The zero-order valence-corrected chi connectivity index (χ0v) is 10.2. The normalized spacial score (nSPS) is 13.8. The number of carboxylic acids is 1. The highest BCUT2D eigenvalue weighted by molar-refractivity contribution is 5.71. The molecule has 0 saturated carbocycles. The van der Waals surface area contributed by atoms with Crippen molar-refractivity contribution in [3.63, 3.8) is 0 Å². The van der Waals surface area contributed by atoms with Crippen molar-refractivity contribution < 1.29 is 14.6 Å². The van der Waals surface area contributed by atoms with Crippen molar-refractivity contribution in [3.05, 3.63) is 12.4 Å². The molecule has 0 amide bonds. The number of carbonyl (C=O) groups is 1. The van der Waals surface area contributed by atoms with Gasteiger partial charge in [0.1, 0.15) is 12.1 Å². The predicted octanol–water partition coefficient (Wildman–Crippen LogP) is 1.40. The number of nitrogens with zero attached hydrogens (tertiary/aromatic N) is 2. The van der Waals surface area contributed by atoms with Crippen molar-refractivity contribution in [2.75, 3.05) is 11.9 Å². The Morgan fingerprint density at radius 3 is 2.82 bits per heavy atom. The molecule has 17 heavy (non-hydrogen) atoms. The molecule has 94 valence electrons. The molecule has 1 aromatic rings. The summed E-state index contributed by atoms with van der Waals surface area (Å²) in [5, 5.41) is 11.9. The highest BCUT2D eigenvalue weighted by atomic mass is 16.5. The molecule has 0 spiro atoms. The molecule has 0 fully saturated rings.